The van der Waals surface area contributed by atoms with Gasteiger partial charge in [0.2, 0.25) is 0 Å². The van der Waals surface area contributed by atoms with Crippen LogP contribution in [0.3, 0.4) is 0 Å². The summed E-state index contributed by atoms with van der Waals surface area (Å²) in [4.78, 5) is 4.24. The third kappa shape index (κ3) is 2.83. The molecule has 0 aliphatic rings. The van der Waals surface area contributed by atoms with Crippen LogP contribution in [0.15, 0.2) is 29.1 Å². The first-order valence-electron chi connectivity index (χ1n) is 5.20. The van der Waals surface area contributed by atoms with Crippen molar-refractivity contribution < 1.29 is 4.39 Å². The summed E-state index contributed by atoms with van der Waals surface area (Å²) in [5.41, 5.74) is 3.30. The summed E-state index contributed by atoms with van der Waals surface area (Å²) >= 11 is 7.29. The van der Waals surface area contributed by atoms with Crippen molar-refractivity contribution in [3.63, 3.8) is 0 Å². The fourth-order valence-electron chi connectivity index (χ4n) is 1.67. The minimum absolute atomic E-state index is 0.00853. The van der Waals surface area contributed by atoms with E-state index in [2.05, 4.69) is 10.3 Å². The molecule has 0 saturated carbocycles. The molecule has 0 aliphatic heterocycles. The molecule has 0 saturated heterocycles. The molecule has 0 amide bonds. The number of rotatable bonds is 4. The van der Waals surface area contributed by atoms with E-state index in [-0.39, 0.29) is 16.9 Å². The van der Waals surface area contributed by atoms with Gasteiger partial charge in [-0.25, -0.2) is 9.37 Å². The van der Waals surface area contributed by atoms with Crippen molar-refractivity contribution in [2.45, 2.75) is 12.5 Å². The van der Waals surface area contributed by atoms with E-state index in [1.165, 1.54) is 11.3 Å². The van der Waals surface area contributed by atoms with Gasteiger partial charge in [-0.2, -0.15) is 0 Å². The second kappa shape index (κ2) is 5.58. The number of nitrogens with one attached hydrogen (secondary N) is 1. The van der Waals surface area contributed by atoms with E-state index in [0.717, 1.165) is 5.69 Å². The van der Waals surface area contributed by atoms with Crippen LogP contribution in [0.2, 0.25) is 5.02 Å². The number of hydrogen-bond donors (Lipinski definition) is 1. The molecule has 1 atom stereocenters. The number of likely N-dealkylation sites (N-methyl/N-ethyl adjacent to an activating group) is 1. The minimum atomic E-state index is -0.343. The molecule has 2 nitrogen and oxygen atoms in total. The van der Waals surface area contributed by atoms with Gasteiger partial charge < -0.3 is 5.32 Å². The lowest BCUT2D eigenvalue weighted by atomic mass is 10.0. The van der Waals surface area contributed by atoms with E-state index in [0.29, 0.717) is 12.0 Å². The van der Waals surface area contributed by atoms with E-state index in [4.69, 9.17) is 11.6 Å². The van der Waals surface area contributed by atoms with Crippen LogP contribution in [-0.4, -0.2) is 12.0 Å². The topological polar surface area (TPSA) is 24.9 Å². The van der Waals surface area contributed by atoms with Crippen molar-refractivity contribution in [1.29, 1.82) is 0 Å². The standard InChI is InChI=1S/C12H12ClFN2S/c1-15-10(11-6-17-7-16-11)5-8-3-2-4-9(13)12(8)14/h2-4,6-7,10,15H,5H2,1H3. The van der Waals surface area contributed by atoms with Crippen LogP contribution in [0.5, 0.6) is 0 Å². The Hall–Kier alpha value is -0.970. The van der Waals surface area contributed by atoms with Crippen LogP contribution in [0.25, 0.3) is 0 Å². The highest BCUT2D eigenvalue weighted by Gasteiger charge is 2.15. The van der Waals surface area contributed by atoms with Gasteiger partial charge in [-0.3, -0.25) is 0 Å². The Balaban J connectivity index is 2.22. The van der Waals surface area contributed by atoms with Gasteiger partial charge >= 0.3 is 0 Å². The van der Waals surface area contributed by atoms with Crippen molar-refractivity contribution in [2.24, 2.45) is 0 Å². The third-order valence-electron chi connectivity index (χ3n) is 2.61. The van der Waals surface area contributed by atoms with E-state index in [1.807, 2.05) is 12.4 Å². The van der Waals surface area contributed by atoms with Gasteiger partial charge in [-0.05, 0) is 25.1 Å². The summed E-state index contributed by atoms with van der Waals surface area (Å²) in [5, 5.41) is 5.26. The summed E-state index contributed by atoms with van der Waals surface area (Å²) in [7, 11) is 1.84. The molecule has 1 unspecified atom stereocenters. The number of aromatic nitrogens is 1. The Morgan fingerprint density at radius 2 is 2.35 bits per heavy atom. The normalized spacial score (nSPS) is 12.6. The number of halogens is 2. The molecular formula is C12H12ClFN2S. The second-order valence-corrected chi connectivity index (χ2v) is 4.80. The number of hydrogen-bond acceptors (Lipinski definition) is 3. The number of thiazole rings is 1. The molecule has 1 aromatic carbocycles. The van der Waals surface area contributed by atoms with Crippen molar-refractivity contribution in [2.75, 3.05) is 7.05 Å². The summed E-state index contributed by atoms with van der Waals surface area (Å²) < 4.78 is 13.8. The average molecular weight is 271 g/mol. The maximum absolute atomic E-state index is 13.8. The van der Waals surface area contributed by atoms with Gasteiger partial charge in [-0.1, -0.05) is 23.7 Å². The van der Waals surface area contributed by atoms with E-state index in [1.54, 1.807) is 23.7 Å². The fraction of sp³-hybridized carbons (Fsp3) is 0.250. The highest BCUT2D eigenvalue weighted by atomic mass is 35.5. The lowest BCUT2D eigenvalue weighted by molar-refractivity contribution is 0.547. The molecule has 1 N–H and O–H groups in total. The van der Waals surface area contributed by atoms with Gasteiger partial charge in [0, 0.05) is 5.38 Å². The van der Waals surface area contributed by atoms with Gasteiger partial charge in [0.1, 0.15) is 5.82 Å². The van der Waals surface area contributed by atoms with E-state index < -0.39 is 0 Å². The summed E-state index contributed by atoms with van der Waals surface area (Å²) in [6, 6.07) is 5.07. The van der Waals surface area contributed by atoms with Crippen LogP contribution >= 0.6 is 22.9 Å². The van der Waals surface area contributed by atoms with Crippen LogP contribution in [-0.2, 0) is 6.42 Å². The van der Waals surface area contributed by atoms with Crippen LogP contribution < -0.4 is 5.32 Å². The maximum Gasteiger partial charge on any atom is 0.145 e. The van der Waals surface area contributed by atoms with Crippen molar-refractivity contribution in [3.05, 3.63) is 51.2 Å². The zero-order valence-corrected chi connectivity index (χ0v) is 10.9. The van der Waals surface area contributed by atoms with E-state index >= 15 is 0 Å². The Labute approximate surface area is 108 Å². The molecule has 2 rings (SSSR count). The largest absolute Gasteiger partial charge is 0.311 e. The second-order valence-electron chi connectivity index (χ2n) is 3.67. The van der Waals surface area contributed by atoms with Gasteiger partial charge in [0.15, 0.2) is 0 Å². The van der Waals surface area contributed by atoms with Gasteiger partial charge in [0.05, 0.1) is 22.3 Å². The molecule has 0 aliphatic carbocycles. The molecule has 0 spiro atoms. The lowest BCUT2D eigenvalue weighted by Crippen LogP contribution is -2.19. The lowest BCUT2D eigenvalue weighted by Gasteiger charge is -2.14. The van der Waals surface area contributed by atoms with Gasteiger partial charge in [0.25, 0.3) is 0 Å². The smallest absolute Gasteiger partial charge is 0.145 e. The van der Waals surface area contributed by atoms with Crippen molar-refractivity contribution >= 4 is 22.9 Å². The van der Waals surface area contributed by atoms with Gasteiger partial charge in [-0.15, -0.1) is 11.3 Å². The Morgan fingerprint density at radius 1 is 1.53 bits per heavy atom. The van der Waals surface area contributed by atoms with Crippen molar-refractivity contribution in [3.8, 4) is 0 Å². The van der Waals surface area contributed by atoms with Crippen LogP contribution in [0.1, 0.15) is 17.3 Å². The molecule has 1 aromatic heterocycles. The minimum Gasteiger partial charge on any atom is -0.311 e. The molecule has 0 bridgehead atoms. The predicted molar refractivity (Wildman–Crippen MR) is 69.0 cm³/mol. The fourth-order valence-corrected chi connectivity index (χ4v) is 2.48. The summed E-state index contributed by atoms with van der Waals surface area (Å²) in [5.74, 6) is -0.343. The van der Waals surface area contributed by atoms with Crippen molar-refractivity contribution in [1.82, 2.24) is 10.3 Å². The summed E-state index contributed by atoms with van der Waals surface area (Å²) in [6.45, 7) is 0. The SMILES string of the molecule is CNC(Cc1cccc(Cl)c1F)c1cscn1. The first kappa shape index (κ1) is 12.5. The highest BCUT2D eigenvalue weighted by molar-refractivity contribution is 7.07. The average Bonchev–Trinajstić information content (AvgIpc) is 2.85. The zero-order chi connectivity index (χ0) is 12.3. The Bertz CT molecular complexity index is 487. The number of benzene rings is 1. The summed E-state index contributed by atoms with van der Waals surface area (Å²) in [6.07, 6.45) is 0.534. The maximum atomic E-state index is 13.8. The molecular weight excluding hydrogens is 259 g/mol. The number of nitrogens with zero attached hydrogens (tertiary/aromatic N) is 1. The predicted octanol–water partition coefficient (Wildman–Crippen LogP) is 3.44. The zero-order valence-electron chi connectivity index (χ0n) is 9.28. The molecule has 0 fully saturated rings. The molecule has 2 aromatic rings. The first-order chi connectivity index (χ1) is 8.22. The third-order valence-corrected chi connectivity index (χ3v) is 3.51. The molecule has 17 heavy (non-hydrogen) atoms. The highest BCUT2D eigenvalue weighted by Crippen LogP contribution is 2.23. The molecule has 0 radical (unpaired) electrons. The Kier molecular flexibility index (Phi) is 4.10. The molecule has 90 valence electrons. The van der Waals surface area contributed by atoms with Crippen LogP contribution in [0.4, 0.5) is 4.39 Å². The van der Waals surface area contributed by atoms with Crippen LogP contribution in [0, 0.1) is 5.82 Å². The monoisotopic (exact) mass is 270 g/mol. The molecule has 5 heteroatoms. The Morgan fingerprint density at radius 3 is 3.00 bits per heavy atom. The quantitative estimate of drug-likeness (QED) is 0.921. The molecule has 1 heterocycles. The van der Waals surface area contributed by atoms with E-state index in [9.17, 15) is 4.39 Å². The first-order valence-corrected chi connectivity index (χ1v) is 6.52.